The van der Waals surface area contributed by atoms with E-state index in [0.29, 0.717) is 18.2 Å². The third kappa shape index (κ3) is 4.49. The smallest absolute Gasteiger partial charge is 0.305 e. The van der Waals surface area contributed by atoms with Crippen molar-refractivity contribution in [2.75, 3.05) is 7.11 Å². The summed E-state index contributed by atoms with van der Waals surface area (Å²) < 4.78 is 11.5. The largest absolute Gasteiger partial charge is 0.474 e. The van der Waals surface area contributed by atoms with E-state index in [1.807, 2.05) is 12.1 Å². The minimum absolute atomic E-state index is 0.112. The van der Waals surface area contributed by atoms with Crippen LogP contribution in [0, 0.1) is 5.92 Å². The van der Waals surface area contributed by atoms with Gasteiger partial charge in [0.05, 0.1) is 7.11 Å². The zero-order valence-corrected chi connectivity index (χ0v) is 12.6. The maximum Gasteiger partial charge on any atom is 0.305 e. The number of hydrogen-bond donors (Lipinski definition) is 0. The monoisotopic (exact) mass is 327 g/mol. The molecule has 2 rings (SSSR count). The molecule has 4 nitrogen and oxygen atoms in total. The second-order valence-corrected chi connectivity index (χ2v) is 5.77. The van der Waals surface area contributed by atoms with Crippen LogP contribution in [-0.2, 0) is 9.53 Å². The van der Waals surface area contributed by atoms with Crippen LogP contribution in [0.5, 0.6) is 5.88 Å². The average Bonchev–Trinajstić information content (AvgIpc) is 2.43. The van der Waals surface area contributed by atoms with E-state index >= 15 is 0 Å². The van der Waals surface area contributed by atoms with Crippen LogP contribution >= 0.6 is 15.9 Å². The van der Waals surface area contributed by atoms with Crippen molar-refractivity contribution < 1.29 is 14.3 Å². The van der Waals surface area contributed by atoms with Crippen molar-refractivity contribution in [1.29, 1.82) is 0 Å². The Balaban J connectivity index is 1.77. The number of pyridine rings is 1. The molecule has 0 spiro atoms. The Hall–Kier alpha value is -1.10. The molecule has 0 aromatic carbocycles. The molecule has 0 atom stereocenters. The average molecular weight is 328 g/mol. The molecule has 0 amide bonds. The molecule has 19 heavy (non-hydrogen) atoms. The molecule has 104 valence electrons. The van der Waals surface area contributed by atoms with E-state index in [4.69, 9.17) is 9.47 Å². The van der Waals surface area contributed by atoms with Crippen LogP contribution in [0.1, 0.15) is 32.1 Å². The van der Waals surface area contributed by atoms with Gasteiger partial charge in [0.2, 0.25) is 5.88 Å². The molecule has 1 heterocycles. The molecule has 0 unspecified atom stereocenters. The number of carbonyl (C=O) groups excluding carboxylic acids is 1. The summed E-state index contributed by atoms with van der Waals surface area (Å²) in [5.74, 6) is 0.990. The summed E-state index contributed by atoms with van der Waals surface area (Å²) in [7, 11) is 1.44. The fourth-order valence-electron chi connectivity index (χ4n) is 2.38. The first-order valence-corrected chi connectivity index (χ1v) is 7.31. The van der Waals surface area contributed by atoms with Crippen molar-refractivity contribution in [3.63, 3.8) is 0 Å². The summed E-state index contributed by atoms with van der Waals surface area (Å²) in [6.45, 7) is 0. The van der Waals surface area contributed by atoms with Crippen LogP contribution in [0.25, 0.3) is 0 Å². The Morgan fingerprint density at radius 1 is 1.37 bits per heavy atom. The zero-order valence-electron chi connectivity index (χ0n) is 11.0. The predicted molar refractivity (Wildman–Crippen MR) is 74.9 cm³/mol. The van der Waals surface area contributed by atoms with E-state index in [2.05, 4.69) is 20.9 Å². The van der Waals surface area contributed by atoms with Crippen LogP contribution in [-0.4, -0.2) is 24.2 Å². The van der Waals surface area contributed by atoms with Gasteiger partial charge >= 0.3 is 5.97 Å². The summed E-state index contributed by atoms with van der Waals surface area (Å²) in [6, 6.07) is 3.79. The van der Waals surface area contributed by atoms with E-state index in [1.165, 1.54) is 7.11 Å². The second kappa shape index (κ2) is 6.89. The van der Waals surface area contributed by atoms with Crippen molar-refractivity contribution in [1.82, 2.24) is 4.98 Å². The van der Waals surface area contributed by atoms with Gasteiger partial charge in [-0.25, -0.2) is 4.98 Å². The number of halogens is 1. The van der Waals surface area contributed by atoms with Crippen molar-refractivity contribution >= 4 is 21.9 Å². The summed E-state index contributed by atoms with van der Waals surface area (Å²) in [5.41, 5.74) is 0. The molecular formula is C14H18BrNO3. The Labute approximate surface area is 121 Å². The topological polar surface area (TPSA) is 48.4 Å². The van der Waals surface area contributed by atoms with Gasteiger partial charge in [-0.15, -0.1) is 0 Å². The normalized spacial score (nSPS) is 22.8. The van der Waals surface area contributed by atoms with Crippen LogP contribution in [0.2, 0.25) is 0 Å². The number of rotatable bonds is 4. The lowest BCUT2D eigenvalue weighted by Gasteiger charge is -2.27. The molecule has 1 saturated carbocycles. The SMILES string of the molecule is COC(=O)C[C@H]1CC[C@@H](Oc2ccc(Br)cn2)CC1. The van der Waals surface area contributed by atoms with Crippen molar-refractivity contribution in [2.45, 2.75) is 38.2 Å². The standard InChI is InChI=1S/C14H18BrNO3/c1-18-14(17)8-10-2-5-12(6-3-10)19-13-7-4-11(15)9-16-13/h4,7,9-10,12H,2-3,5-6,8H2,1H3/t10-,12+. The first kappa shape index (κ1) is 14.3. The van der Waals surface area contributed by atoms with E-state index in [0.717, 1.165) is 30.2 Å². The number of ether oxygens (including phenoxy) is 2. The first-order valence-electron chi connectivity index (χ1n) is 6.52. The third-order valence-corrected chi connectivity index (χ3v) is 3.93. The Morgan fingerprint density at radius 2 is 2.11 bits per heavy atom. The molecule has 1 aliphatic carbocycles. The Bertz CT molecular complexity index is 413. The van der Waals surface area contributed by atoms with Crippen LogP contribution in [0.4, 0.5) is 0 Å². The highest BCUT2D eigenvalue weighted by Crippen LogP contribution is 2.29. The lowest BCUT2D eigenvalue weighted by atomic mass is 9.85. The maximum atomic E-state index is 11.2. The molecule has 1 fully saturated rings. The first-order chi connectivity index (χ1) is 9.17. The van der Waals surface area contributed by atoms with Gasteiger partial charge in [0, 0.05) is 23.2 Å². The molecule has 0 N–H and O–H groups in total. The lowest BCUT2D eigenvalue weighted by molar-refractivity contribution is -0.142. The summed E-state index contributed by atoms with van der Waals surface area (Å²) in [4.78, 5) is 15.4. The number of hydrogen-bond acceptors (Lipinski definition) is 4. The van der Waals surface area contributed by atoms with Crippen molar-refractivity contribution in [3.05, 3.63) is 22.8 Å². The van der Waals surface area contributed by atoms with E-state index in [1.54, 1.807) is 6.20 Å². The number of esters is 1. The van der Waals surface area contributed by atoms with Crippen LogP contribution in [0.15, 0.2) is 22.8 Å². The predicted octanol–water partition coefficient (Wildman–Crippen LogP) is 3.34. The van der Waals surface area contributed by atoms with E-state index in [9.17, 15) is 4.79 Å². The number of methoxy groups -OCH3 is 1. The fraction of sp³-hybridized carbons (Fsp3) is 0.571. The molecule has 1 aromatic rings. The number of aromatic nitrogens is 1. The van der Waals surface area contributed by atoms with Crippen LogP contribution in [0.3, 0.4) is 0 Å². The number of carbonyl (C=O) groups is 1. The van der Waals surface area contributed by atoms with Crippen molar-refractivity contribution in [3.8, 4) is 5.88 Å². The van der Waals surface area contributed by atoms with Gasteiger partial charge in [0.15, 0.2) is 0 Å². The summed E-state index contributed by atoms with van der Waals surface area (Å²) in [5, 5.41) is 0. The molecule has 1 aromatic heterocycles. The van der Waals surface area contributed by atoms with Gasteiger partial charge in [-0.3, -0.25) is 4.79 Å². The highest BCUT2D eigenvalue weighted by Gasteiger charge is 2.24. The lowest BCUT2D eigenvalue weighted by Crippen LogP contribution is -2.25. The highest BCUT2D eigenvalue weighted by atomic mass is 79.9. The summed E-state index contributed by atoms with van der Waals surface area (Å²) in [6.07, 6.45) is 6.44. The maximum absolute atomic E-state index is 11.2. The Morgan fingerprint density at radius 3 is 2.68 bits per heavy atom. The highest BCUT2D eigenvalue weighted by molar-refractivity contribution is 9.10. The van der Waals surface area contributed by atoms with Crippen molar-refractivity contribution in [2.24, 2.45) is 5.92 Å². The molecule has 0 aliphatic heterocycles. The second-order valence-electron chi connectivity index (χ2n) is 4.86. The molecule has 1 aliphatic rings. The molecular weight excluding hydrogens is 310 g/mol. The molecule has 0 radical (unpaired) electrons. The third-order valence-electron chi connectivity index (χ3n) is 3.46. The summed E-state index contributed by atoms with van der Waals surface area (Å²) >= 11 is 3.35. The number of nitrogens with zero attached hydrogens (tertiary/aromatic N) is 1. The van der Waals surface area contributed by atoms with Gasteiger partial charge in [-0.05, 0) is 53.6 Å². The van der Waals surface area contributed by atoms with Crippen LogP contribution < -0.4 is 4.74 Å². The minimum atomic E-state index is -0.112. The van der Waals surface area contributed by atoms with Gasteiger partial charge in [0.25, 0.3) is 0 Å². The van der Waals surface area contributed by atoms with Gasteiger partial charge in [-0.1, -0.05) is 0 Å². The van der Waals surface area contributed by atoms with E-state index < -0.39 is 0 Å². The fourth-order valence-corrected chi connectivity index (χ4v) is 2.61. The van der Waals surface area contributed by atoms with Gasteiger partial charge < -0.3 is 9.47 Å². The van der Waals surface area contributed by atoms with E-state index in [-0.39, 0.29) is 12.1 Å². The zero-order chi connectivity index (χ0) is 13.7. The van der Waals surface area contributed by atoms with Gasteiger partial charge in [0.1, 0.15) is 6.10 Å². The molecule has 5 heteroatoms. The quantitative estimate of drug-likeness (QED) is 0.796. The Kier molecular flexibility index (Phi) is 5.19. The van der Waals surface area contributed by atoms with Gasteiger partial charge in [-0.2, -0.15) is 0 Å². The molecule has 0 bridgehead atoms. The minimum Gasteiger partial charge on any atom is -0.474 e. The molecule has 0 saturated heterocycles.